The highest BCUT2D eigenvalue weighted by Crippen LogP contribution is 2.38. The zero-order valence-corrected chi connectivity index (χ0v) is 14.3. The maximum Gasteiger partial charge on any atom is 0.310 e. The van der Waals surface area contributed by atoms with Crippen molar-refractivity contribution in [2.75, 3.05) is 26.3 Å². The van der Waals surface area contributed by atoms with E-state index in [0.29, 0.717) is 24.2 Å². The van der Waals surface area contributed by atoms with Crippen LogP contribution in [0.25, 0.3) is 0 Å². The number of piperidine rings is 1. The Hall–Kier alpha value is -1.95. The molecular weight excluding hydrogens is 313 g/mol. The molecule has 0 aliphatic carbocycles. The lowest BCUT2D eigenvalue weighted by molar-refractivity contribution is -0.155. The molecule has 1 heterocycles. The lowest BCUT2D eigenvalue weighted by atomic mass is 9.73. The minimum Gasteiger partial charge on any atom is -0.466 e. The van der Waals surface area contributed by atoms with Crippen LogP contribution < -0.4 is 5.32 Å². The fraction of sp³-hybridized carbons (Fsp3) is 0.556. The third-order valence-corrected chi connectivity index (χ3v) is 4.44. The normalized spacial score (nSPS) is 23.6. The predicted molar refractivity (Wildman–Crippen MR) is 87.0 cm³/mol. The molecule has 0 radical (unpaired) electrons. The molecule has 0 aromatic heterocycles. The summed E-state index contributed by atoms with van der Waals surface area (Å²) >= 11 is 0. The third kappa shape index (κ3) is 3.75. The van der Waals surface area contributed by atoms with Gasteiger partial charge in [0.1, 0.15) is 5.82 Å². The molecule has 1 saturated heterocycles. The van der Waals surface area contributed by atoms with Crippen LogP contribution in [0.4, 0.5) is 4.39 Å². The summed E-state index contributed by atoms with van der Waals surface area (Å²) in [5.74, 6) is -2.71. The van der Waals surface area contributed by atoms with Gasteiger partial charge in [-0.2, -0.15) is 0 Å². The van der Waals surface area contributed by atoms with Gasteiger partial charge in [-0.3, -0.25) is 9.59 Å². The predicted octanol–water partition coefficient (Wildman–Crippen LogP) is 2.18. The molecule has 3 atom stereocenters. The lowest BCUT2D eigenvalue weighted by Gasteiger charge is -2.37. The number of nitrogens with one attached hydrogen (secondary N) is 1. The van der Waals surface area contributed by atoms with Gasteiger partial charge >= 0.3 is 11.9 Å². The summed E-state index contributed by atoms with van der Waals surface area (Å²) in [6, 6.07) is 4.75. The molecule has 1 fully saturated rings. The number of carbonyl (C=O) groups is 2. The van der Waals surface area contributed by atoms with E-state index in [0.717, 1.165) is 0 Å². The molecule has 1 aliphatic heterocycles. The Morgan fingerprint density at radius 1 is 1.12 bits per heavy atom. The summed E-state index contributed by atoms with van der Waals surface area (Å²) < 4.78 is 24.4. The van der Waals surface area contributed by atoms with Crippen LogP contribution in [0, 0.1) is 24.6 Å². The fourth-order valence-electron chi connectivity index (χ4n) is 3.31. The molecule has 5 nitrogen and oxygen atoms in total. The van der Waals surface area contributed by atoms with Crippen molar-refractivity contribution in [3.63, 3.8) is 0 Å². The first kappa shape index (κ1) is 18.4. The van der Waals surface area contributed by atoms with Gasteiger partial charge in [0.25, 0.3) is 0 Å². The zero-order chi connectivity index (χ0) is 17.7. The van der Waals surface area contributed by atoms with E-state index in [-0.39, 0.29) is 31.0 Å². The summed E-state index contributed by atoms with van der Waals surface area (Å²) in [4.78, 5) is 24.8. The van der Waals surface area contributed by atoms with E-state index in [2.05, 4.69) is 5.32 Å². The van der Waals surface area contributed by atoms with Gasteiger partial charge in [-0.1, -0.05) is 12.1 Å². The molecule has 2 rings (SSSR count). The molecule has 6 heteroatoms. The molecule has 132 valence electrons. The second kappa shape index (κ2) is 8.24. The van der Waals surface area contributed by atoms with Crippen LogP contribution in [0.2, 0.25) is 0 Å². The van der Waals surface area contributed by atoms with E-state index in [1.807, 2.05) is 0 Å². The minimum atomic E-state index is -0.561. The molecule has 1 N–H and O–H groups in total. The first-order valence-electron chi connectivity index (χ1n) is 8.30. The van der Waals surface area contributed by atoms with Crippen LogP contribution in [-0.2, 0) is 19.1 Å². The molecule has 0 bridgehead atoms. The topological polar surface area (TPSA) is 64.6 Å². The lowest BCUT2D eigenvalue weighted by Crippen LogP contribution is -2.49. The Morgan fingerprint density at radius 2 is 1.67 bits per heavy atom. The van der Waals surface area contributed by atoms with Gasteiger partial charge in [0, 0.05) is 19.0 Å². The molecule has 0 spiro atoms. The van der Waals surface area contributed by atoms with Crippen molar-refractivity contribution in [1.29, 1.82) is 0 Å². The number of carbonyl (C=O) groups excluding carboxylic acids is 2. The van der Waals surface area contributed by atoms with Crippen LogP contribution in [-0.4, -0.2) is 38.2 Å². The number of esters is 2. The van der Waals surface area contributed by atoms with Crippen molar-refractivity contribution in [3.8, 4) is 0 Å². The largest absolute Gasteiger partial charge is 0.466 e. The molecule has 0 saturated carbocycles. The zero-order valence-electron chi connectivity index (χ0n) is 14.3. The van der Waals surface area contributed by atoms with E-state index >= 15 is 0 Å². The van der Waals surface area contributed by atoms with Crippen LogP contribution in [0.15, 0.2) is 18.2 Å². The van der Waals surface area contributed by atoms with Crippen LogP contribution in [0.3, 0.4) is 0 Å². The van der Waals surface area contributed by atoms with Crippen molar-refractivity contribution < 1.29 is 23.5 Å². The van der Waals surface area contributed by atoms with Gasteiger partial charge in [-0.15, -0.1) is 0 Å². The average molecular weight is 337 g/mol. The fourth-order valence-corrected chi connectivity index (χ4v) is 3.31. The number of rotatable bonds is 5. The van der Waals surface area contributed by atoms with E-state index in [9.17, 15) is 14.0 Å². The highest BCUT2D eigenvalue weighted by atomic mass is 19.1. The monoisotopic (exact) mass is 337 g/mol. The molecule has 24 heavy (non-hydrogen) atoms. The van der Waals surface area contributed by atoms with Gasteiger partial charge in [-0.05, 0) is 38.0 Å². The quantitative estimate of drug-likeness (QED) is 0.835. The number of benzene rings is 1. The Labute approximate surface area is 141 Å². The Bertz CT molecular complexity index is 579. The number of hydrogen-bond donors (Lipinski definition) is 1. The number of hydrogen-bond acceptors (Lipinski definition) is 5. The van der Waals surface area contributed by atoms with Crippen molar-refractivity contribution in [2.45, 2.75) is 26.7 Å². The minimum absolute atomic E-state index is 0.258. The van der Waals surface area contributed by atoms with Crippen LogP contribution >= 0.6 is 0 Å². The maximum atomic E-state index is 14.0. The average Bonchev–Trinajstić information content (AvgIpc) is 2.57. The summed E-state index contributed by atoms with van der Waals surface area (Å²) in [6.45, 7) is 6.42. The summed E-state index contributed by atoms with van der Waals surface area (Å²) in [5, 5.41) is 3.10. The highest BCUT2D eigenvalue weighted by Gasteiger charge is 2.44. The molecule has 1 unspecified atom stereocenters. The SMILES string of the molecule is CCOC(=O)[C@H]1CNC[C@@H](C(=O)OCC)C1c1cccc(F)c1C. The Balaban J connectivity index is 2.46. The van der Waals surface area contributed by atoms with Gasteiger partial charge < -0.3 is 14.8 Å². The third-order valence-electron chi connectivity index (χ3n) is 4.44. The van der Waals surface area contributed by atoms with E-state index in [1.165, 1.54) is 6.07 Å². The van der Waals surface area contributed by atoms with E-state index in [4.69, 9.17) is 9.47 Å². The van der Waals surface area contributed by atoms with Crippen molar-refractivity contribution in [3.05, 3.63) is 35.1 Å². The smallest absolute Gasteiger partial charge is 0.310 e. The van der Waals surface area contributed by atoms with E-state index < -0.39 is 17.8 Å². The molecule has 0 amide bonds. The van der Waals surface area contributed by atoms with Crippen molar-refractivity contribution in [1.82, 2.24) is 5.32 Å². The van der Waals surface area contributed by atoms with Gasteiger partial charge in [0.15, 0.2) is 0 Å². The molecule has 1 aromatic rings. The highest BCUT2D eigenvalue weighted by molar-refractivity contribution is 5.79. The van der Waals surface area contributed by atoms with Crippen LogP contribution in [0.5, 0.6) is 0 Å². The number of ether oxygens (including phenoxy) is 2. The Kier molecular flexibility index (Phi) is 6.31. The van der Waals surface area contributed by atoms with Crippen molar-refractivity contribution in [2.24, 2.45) is 11.8 Å². The second-order valence-electron chi connectivity index (χ2n) is 5.86. The molecule has 1 aliphatic rings. The molecular formula is C18H24FNO4. The number of halogens is 1. The van der Waals surface area contributed by atoms with Gasteiger partial charge in [-0.25, -0.2) is 4.39 Å². The van der Waals surface area contributed by atoms with Gasteiger partial charge in [0.2, 0.25) is 0 Å². The van der Waals surface area contributed by atoms with Crippen molar-refractivity contribution >= 4 is 11.9 Å². The second-order valence-corrected chi connectivity index (χ2v) is 5.86. The maximum absolute atomic E-state index is 14.0. The van der Waals surface area contributed by atoms with Crippen LogP contribution in [0.1, 0.15) is 30.9 Å². The summed E-state index contributed by atoms with van der Waals surface area (Å²) in [6.07, 6.45) is 0. The first-order valence-corrected chi connectivity index (χ1v) is 8.30. The Morgan fingerprint density at radius 3 is 2.17 bits per heavy atom. The molecule has 1 aromatic carbocycles. The summed E-state index contributed by atoms with van der Waals surface area (Å²) in [5.41, 5.74) is 1.11. The summed E-state index contributed by atoms with van der Waals surface area (Å²) in [7, 11) is 0. The standard InChI is InChI=1S/C18H24FNO4/c1-4-23-17(21)13-9-20-10-14(18(22)24-5-2)16(13)12-7-6-8-15(19)11(12)3/h6-8,13-14,16,20H,4-5,9-10H2,1-3H3/t13-,14+,16?. The first-order chi connectivity index (χ1) is 11.5. The van der Waals surface area contributed by atoms with Gasteiger partial charge in [0.05, 0.1) is 25.0 Å². The van der Waals surface area contributed by atoms with E-state index in [1.54, 1.807) is 32.9 Å².